The highest BCUT2D eigenvalue weighted by Crippen LogP contribution is 2.41. The van der Waals surface area contributed by atoms with Crippen LogP contribution < -0.4 is 5.73 Å². The number of hydrogen-bond donors (Lipinski definition) is 3. The third-order valence-electron chi connectivity index (χ3n) is 3.86. The number of benzene rings is 1. The molecule has 0 bridgehead atoms. The van der Waals surface area contributed by atoms with Gasteiger partial charge in [0.05, 0.1) is 0 Å². The van der Waals surface area contributed by atoms with Crippen LogP contribution in [-0.4, -0.2) is 10.2 Å². The summed E-state index contributed by atoms with van der Waals surface area (Å²) < 4.78 is 0. The number of phenols is 2. The molecular weight excluding hydrogens is 214 g/mol. The molecule has 0 amide bonds. The second kappa shape index (κ2) is 4.57. The first-order valence-corrected chi connectivity index (χ1v) is 6.41. The lowest BCUT2D eigenvalue weighted by molar-refractivity contribution is 0.291. The van der Waals surface area contributed by atoms with Crippen LogP contribution in [0.25, 0.3) is 0 Å². The first kappa shape index (κ1) is 12.2. The Morgan fingerprint density at radius 3 is 2.35 bits per heavy atom. The topological polar surface area (TPSA) is 66.5 Å². The molecule has 1 aliphatic carbocycles. The molecule has 0 spiro atoms. The predicted octanol–water partition coefficient (Wildman–Crippen LogP) is 2.78. The summed E-state index contributed by atoms with van der Waals surface area (Å²) in [5.74, 6) is 0.289. The van der Waals surface area contributed by atoms with Crippen molar-refractivity contribution in [3.8, 4) is 11.5 Å². The molecule has 0 radical (unpaired) electrons. The summed E-state index contributed by atoms with van der Waals surface area (Å²) in [6.45, 7) is 1.99. The fourth-order valence-electron chi connectivity index (χ4n) is 2.76. The predicted molar refractivity (Wildman–Crippen MR) is 68.1 cm³/mol. The molecule has 3 nitrogen and oxygen atoms in total. The van der Waals surface area contributed by atoms with Crippen molar-refractivity contribution in [1.29, 1.82) is 0 Å². The highest BCUT2D eigenvalue weighted by molar-refractivity contribution is 5.48. The number of phenolic OH excluding ortho intramolecular Hbond substituents is 2. The van der Waals surface area contributed by atoms with Gasteiger partial charge in [-0.25, -0.2) is 0 Å². The molecule has 1 aromatic rings. The molecule has 0 aromatic heterocycles. The van der Waals surface area contributed by atoms with Crippen LogP contribution in [0.5, 0.6) is 11.5 Å². The van der Waals surface area contributed by atoms with E-state index in [4.69, 9.17) is 5.73 Å². The van der Waals surface area contributed by atoms with Gasteiger partial charge in [-0.15, -0.1) is 0 Å². The van der Waals surface area contributed by atoms with E-state index in [1.165, 1.54) is 12.5 Å². The zero-order chi connectivity index (χ0) is 12.5. The molecule has 0 unspecified atom stereocenters. The molecule has 1 saturated carbocycles. The highest BCUT2D eigenvalue weighted by atomic mass is 16.3. The smallest absolute Gasteiger partial charge is 0.124 e. The van der Waals surface area contributed by atoms with Crippen molar-refractivity contribution in [2.45, 2.75) is 51.0 Å². The average Bonchev–Trinajstić information content (AvgIpc) is 2.30. The van der Waals surface area contributed by atoms with Gasteiger partial charge in [0, 0.05) is 17.2 Å². The molecule has 0 heterocycles. The SMILES string of the molecule is CCc1cc(C2(N)CCCCC2)c(O)cc1O. The quantitative estimate of drug-likeness (QED) is 0.738. The lowest BCUT2D eigenvalue weighted by atomic mass is 9.76. The Morgan fingerprint density at radius 2 is 1.76 bits per heavy atom. The highest BCUT2D eigenvalue weighted by Gasteiger charge is 2.32. The van der Waals surface area contributed by atoms with Gasteiger partial charge in [0.2, 0.25) is 0 Å². The second-order valence-corrected chi connectivity index (χ2v) is 5.07. The van der Waals surface area contributed by atoms with Crippen LogP contribution >= 0.6 is 0 Å². The Balaban J connectivity index is 2.43. The van der Waals surface area contributed by atoms with Gasteiger partial charge in [-0.1, -0.05) is 26.2 Å². The lowest BCUT2D eigenvalue weighted by Gasteiger charge is -2.34. The van der Waals surface area contributed by atoms with Gasteiger partial charge >= 0.3 is 0 Å². The van der Waals surface area contributed by atoms with E-state index >= 15 is 0 Å². The Morgan fingerprint density at radius 1 is 1.12 bits per heavy atom. The maximum Gasteiger partial charge on any atom is 0.124 e. The normalized spacial score (nSPS) is 19.2. The van der Waals surface area contributed by atoms with E-state index in [0.29, 0.717) is 0 Å². The van der Waals surface area contributed by atoms with Crippen LogP contribution in [0.15, 0.2) is 12.1 Å². The van der Waals surface area contributed by atoms with Gasteiger partial charge in [0.15, 0.2) is 0 Å². The Bertz CT molecular complexity index is 409. The number of aromatic hydroxyl groups is 2. The molecule has 0 atom stereocenters. The Labute approximate surface area is 102 Å². The first-order chi connectivity index (χ1) is 8.07. The van der Waals surface area contributed by atoms with Gasteiger partial charge in [0.25, 0.3) is 0 Å². The van der Waals surface area contributed by atoms with Crippen LogP contribution in [0, 0.1) is 0 Å². The minimum atomic E-state index is -0.417. The Hall–Kier alpha value is -1.22. The summed E-state index contributed by atoms with van der Waals surface area (Å²) in [5.41, 5.74) is 7.65. The van der Waals surface area contributed by atoms with Crippen LogP contribution in [0.2, 0.25) is 0 Å². The van der Waals surface area contributed by atoms with Crippen molar-refractivity contribution in [2.24, 2.45) is 5.73 Å². The minimum Gasteiger partial charge on any atom is -0.508 e. The van der Waals surface area contributed by atoms with Gasteiger partial charge in [-0.3, -0.25) is 0 Å². The molecule has 3 heteroatoms. The zero-order valence-corrected chi connectivity index (χ0v) is 10.4. The van der Waals surface area contributed by atoms with Crippen molar-refractivity contribution >= 4 is 0 Å². The molecule has 1 aromatic carbocycles. The molecule has 2 rings (SSSR count). The number of nitrogens with two attached hydrogens (primary N) is 1. The third kappa shape index (κ3) is 2.25. The number of aryl methyl sites for hydroxylation is 1. The average molecular weight is 235 g/mol. The van der Waals surface area contributed by atoms with Gasteiger partial charge < -0.3 is 15.9 Å². The maximum atomic E-state index is 9.99. The van der Waals surface area contributed by atoms with Crippen LogP contribution in [-0.2, 0) is 12.0 Å². The van der Waals surface area contributed by atoms with Crippen LogP contribution in [0.1, 0.15) is 50.2 Å². The molecule has 1 aliphatic rings. The maximum absolute atomic E-state index is 9.99. The lowest BCUT2D eigenvalue weighted by Crippen LogP contribution is -2.38. The molecular formula is C14H21NO2. The molecule has 0 aliphatic heterocycles. The summed E-state index contributed by atoms with van der Waals surface area (Å²) >= 11 is 0. The number of hydrogen-bond acceptors (Lipinski definition) is 3. The molecule has 1 fully saturated rings. The van der Waals surface area contributed by atoms with E-state index in [-0.39, 0.29) is 11.5 Å². The second-order valence-electron chi connectivity index (χ2n) is 5.07. The Kier molecular flexibility index (Phi) is 3.29. The van der Waals surface area contributed by atoms with E-state index in [9.17, 15) is 10.2 Å². The van der Waals surface area contributed by atoms with Gasteiger partial charge in [-0.05, 0) is 30.9 Å². The van der Waals surface area contributed by atoms with Crippen LogP contribution in [0.3, 0.4) is 0 Å². The van der Waals surface area contributed by atoms with Gasteiger partial charge in [0.1, 0.15) is 11.5 Å². The van der Waals surface area contributed by atoms with E-state index in [1.807, 2.05) is 13.0 Å². The molecule has 4 N–H and O–H groups in total. The fourth-order valence-corrected chi connectivity index (χ4v) is 2.76. The summed E-state index contributed by atoms with van der Waals surface area (Å²) in [5, 5.41) is 19.7. The minimum absolute atomic E-state index is 0.129. The van der Waals surface area contributed by atoms with E-state index in [0.717, 1.165) is 43.2 Å². The fraction of sp³-hybridized carbons (Fsp3) is 0.571. The largest absolute Gasteiger partial charge is 0.508 e. The van der Waals surface area contributed by atoms with E-state index in [1.54, 1.807) is 0 Å². The van der Waals surface area contributed by atoms with Crippen molar-refractivity contribution in [3.63, 3.8) is 0 Å². The molecule has 94 valence electrons. The molecule has 0 saturated heterocycles. The van der Waals surface area contributed by atoms with Crippen molar-refractivity contribution in [2.75, 3.05) is 0 Å². The zero-order valence-electron chi connectivity index (χ0n) is 10.4. The van der Waals surface area contributed by atoms with Crippen LogP contribution in [0.4, 0.5) is 0 Å². The third-order valence-corrected chi connectivity index (χ3v) is 3.86. The van der Waals surface area contributed by atoms with Crippen molar-refractivity contribution < 1.29 is 10.2 Å². The number of rotatable bonds is 2. The summed E-state index contributed by atoms with van der Waals surface area (Å²) in [6.07, 6.45) is 6.01. The summed E-state index contributed by atoms with van der Waals surface area (Å²) in [4.78, 5) is 0. The van der Waals surface area contributed by atoms with E-state index < -0.39 is 5.54 Å². The summed E-state index contributed by atoms with van der Waals surface area (Å²) in [7, 11) is 0. The first-order valence-electron chi connectivity index (χ1n) is 6.41. The van der Waals surface area contributed by atoms with Crippen molar-refractivity contribution in [1.82, 2.24) is 0 Å². The monoisotopic (exact) mass is 235 g/mol. The van der Waals surface area contributed by atoms with E-state index in [2.05, 4.69) is 0 Å². The molecule has 17 heavy (non-hydrogen) atoms. The van der Waals surface area contributed by atoms with Gasteiger partial charge in [-0.2, -0.15) is 0 Å². The summed E-state index contributed by atoms with van der Waals surface area (Å²) in [6, 6.07) is 3.30. The van der Waals surface area contributed by atoms with Crippen molar-refractivity contribution in [3.05, 3.63) is 23.3 Å². The standard InChI is InChI=1S/C14H21NO2/c1-2-10-8-11(13(17)9-12(10)16)14(15)6-4-3-5-7-14/h8-9,16-17H,2-7,15H2,1H3.